The van der Waals surface area contributed by atoms with Crippen molar-refractivity contribution in [2.45, 2.75) is 6.42 Å². The SMILES string of the molecule is COCC(=O)Cc1nc(-c2ncccc2Br)no1. The summed E-state index contributed by atoms with van der Waals surface area (Å²) in [7, 11) is 1.46. The first-order chi connectivity index (χ1) is 8.70. The van der Waals surface area contributed by atoms with E-state index in [1.807, 2.05) is 6.07 Å². The molecule has 2 aromatic heterocycles. The molecule has 18 heavy (non-hydrogen) atoms. The Bertz CT molecular complexity index is 556. The molecule has 0 aliphatic rings. The number of aromatic nitrogens is 3. The fourth-order valence-electron chi connectivity index (χ4n) is 1.35. The monoisotopic (exact) mass is 311 g/mol. The maximum absolute atomic E-state index is 11.3. The lowest BCUT2D eigenvalue weighted by Crippen LogP contribution is -2.09. The largest absolute Gasteiger partial charge is 0.377 e. The molecule has 6 nitrogen and oxygen atoms in total. The molecule has 2 heterocycles. The normalized spacial score (nSPS) is 10.6. The summed E-state index contributed by atoms with van der Waals surface area (Å²) >= 11 is 3.35. The van der Waals surface area contributed by atoms with Gasteiger partial charge in [-0.1, -0.05) is 5.16 Å². The fraction of sp³-hybridized carbons (Fsp3) is 0.273. The molecule has 0 aliphatic carbocycles. The average Bonchev–Trinajstić information content (AvgIpc) is 2.78. The molecule has 0 aliphatic heterocycles. The lowest BCUT2D eigenvalue weighted by atomic mass is 10.3. The Morgan fingerprint density at radius 1 is 1.56 bits per heavy atom. The summed E-state index contributed by atoms with van der Waals surface area (Å²) in [6.07, 6.45) is 1.69. The molecule has 0 saturated carbocycles. The Kier molecular flexibility index (Phi) is 4.16. The highest BCUT2D eigenvalue weighted by atomic mass is 79.9. The molecule has 0 bridgehead atoms. The van der Waals surface area contributed by atoms with E-state index >= 15 is 0 Å². The Labute approximate surface area is 111 Å². The van der Waals surface area contributed by atoms with E-state index in [1.54, 1.807) is 12.3 Å². The molecule has 0 spiro atoms. The van der Waals surface area contributed by atoms with Crippen LogP contribution in [0.1, 0.15) is 5.89 Å². The van der Waals surface area contributed by atoms with Crippen LogP contribution in [0, 0.1) is 0 Å². The van der Waals surface area contributed by atoms with Gasteiger partial charge in [-0.25, -0.2) is 0 Å². The lowest BCUT2D eigenvalue weighted by molar-refractivity contribution is -0.122. The van der Waals surface area contributed by atoms with Gasteiger partial charge in [0.05, 0.1) is 6.42 Å². The standard InChI is InChI=1S/C11H10BrN3O3/c1-17-6-7(16)5-9-14-11(15-18-9)10-8(12)3-2-4-13-10/h2-4H,5-6H2,1H3. The van der Waals surface area contributed by atoms with E-state index in [1.165, 1.54) is 7.11 Å². The van der Waals surface area contributed by atoms with Gasteiger partial charge in [0.2, 0.25) is 11.7 Å². The summed E-state index contributed by atoms with van der Waals surface area (Å²) in [4.78, 5) is 19.6. The van der Waals surface area contributed by atoms with Gasteiger partial charge in [0.1, 0.15) is 12.3 Å². The van der Waals surface area contributed by atoms with Gasteiger partial charge in [0, 0.05) is 17.8 Å². The topological polar surface area (TPSA) is 78.1 Å². The fourth-order valence-corrected chi connectivity index (χ4v) is 1.79. The molecule has 0 aromatic carbocycles. The first-order valence-electron chi connectivity index (χ1n) is 5.15. The van der Waals surface area contributed by atoms with Crippen LogP contribution in [0.4, 0.5) is 0 Å². The second-order valence-corrected chi connectivity index (χ2v) is 4.35. The number of nitrogens with zero attached hydrogens (tertiary/aromatic N) is 3. The van der Waals surface area contributed by atoms with Crippen molar-refractivity contribution in [3.05, 3.63) is 28.7 Å². The predicted octanol–water partition coefficient (Wildman–Crippen LogP) is 1.65. The van der Waals surface area contributed by atoms with Crippen LogP contribution >= 0.6 is 15.9 Å². The van der Waals surface area contributed by atoms with Crippen molar-refractivity contribution >= 4 is 21.7 Å². The van der Waals surface area contributed by atoms with E-state index < -0.39 is 0 Å². The predicted molar refractivity (Wildman–Crippen MR) is 65.8 cm³/mol. The van der Waals surface area contributed by atoms with Gasteiger partial charge in [0.25, 0.3) is 0 Å². The Hall–Kier alpha value is -1.60. The number of halogens is 1. The summed E-state index contributed by atoms with van der Waals surface area (Å²) in [5.41, 5.74) is 0.576. The number of hydrogen-bond acceptors (Lipinski definition) is 6. The number of methoxy groups -OCH3 is 1. The highest BCUT2D eigenvalue weighted by Gasteiger charge is 2.14. The Morgan fingerprint density at radius 3 is 3.11 bits per heavy atom. The van der Waals surface area contributed by atoms with Crippen LogP contribution in [-0.4, -0.2) is 34.6 Å². The van der Waals surface area contributed by atoms with Crippen molar-refractivity contribution < 1.29 is 14.1 Å². The van der Waals surface area contributed by atoms with Crippen LogP contribution < -0.4 is 0 Å². The summed E-state index contributed by atoms with van der Waals surface area (Å²) < 4.78 is 10.5. The van der Waals surface area contributed by atoms with Gasteiger partial charge in [-0.15, -0.1) is 0 Å². The highest BCUT2D eigenvalue weighted by Crippen LogP contribution is 2.22. The summed E-state index contributed by atoms with van der Waals surface area (Å²) in [6.45, 7) is 0.0327. The smallest absolute Gasteiger partial charge is 0.234 e. The van der Waals surface area contributed by atoms with Crippen LogP contribution in [-0.2, 0) is 16.0 Å². The van der Waals surface area contributed by atoms with Gasteiger partial charge >= 0.3 is 0 Å². The van der Waals surface area contributed by atoms with E-state index in [-0.39, 0.29) is 24.7 Å². The minimum absolute atomic E-state index is 0.0327. The van der Waals surface area contributed by atoms with Crippen molar-refractivity contribution in [2.75, 3.05) is 13.7 Å². The highest BCUT2D eigenvalue weighted by molar-refractivity contribution is 9.10. The number of pyridine rings is 1. The first-order valence-corrected chi connectivity index (χ1v) is 5.94. The van der Waals surface area contributed by atoms with Crippen LogP contribution in [0.3, 0.4) is 0 Å². The van der Waals surface area contributed by atoms with Gasteiger partial charge in [-0.05, 0) is 28.1 Å². The van der Waals surface area contributed by atoms with Crippen molar-refractivity contribution in [3.8, 4) is 11.5 Å². The number of carbonyl (C=O) groups excluding carboxylic acids is 1. The van der Waals surface area contributed by atoms with Crippen LogP contribution in [0.2, 0.25) is 0 Å². The third-order valence-corrected chi connectivity index (χ3v) is 2.73. The molecule has 0 atom stereocenters. The number of rotatable bonds is 5. The molecule has 2 rings (SSSR count). The van der Waals surface area contributed by atoms with E-state index in [0.717, 1.165) is 4.47 Å². The molecule has 0 N–H and O–H groups in total. The molecule has 0 amide bonds. The zero-order valence-corrected chi connectivity index (χ0v) is 11.2. The molecule has 0 fully saturated rings. The van der Waals surface area contributed by atoms with Crippen LogP contribution in [0.15, 0.2) is 27.3 Å². The maximum atomic E-state index is 11.3. The van der Waals surface area contributed by atoms with E-state index in [9.17, 15) is 4.79 Å². The van der Waals surface area contributed by atoms with Crippen LogP contribution in [0.25, 0.3) is 11.5 Å². The second-order valence-electron chi connectivity index (χ2n) is 3.49. The molecule has 94 valence electrons. The number of carbonyl (C=O) groups is 1. The molecular weight excluding hydrogens is 302 g/mol. The average molecular weight is 312 g/mol. The van der Waals surface area contributed by atoms with Gasteiger partial charge < -0.3 is 9.26 Å². The third kappa shape index (κ3) is 2.99. The molecule has 7 heteroatoms. The number of hydrogen-bond donors (Lipinski definition) is 0. The third-order valence-electron chi connectivity index (χ3n) is 2.09. The maximum Gasteiger partial charge on any atom is 0.234 e. The van der Waals surface area contributed by atoms with Gasteiger partial charge in [0.15, 0.2) is 5.78 Å². The molecule has 0 saturated heterocycles. The minimum atomic E-state index is -0.118. The zero-order chi connectivity index (χ0) is 13.0. The number of ether oxygens (including phenoxy) is 1. The number of ketones is 1. The van der Waals surface area contributed by atoms with Crippen molar-refractivity contribution in [1.82, 2.24) is 15.1 Å². The summed E-state index contributed by atoms with van der Waals surface area (Å²) in [6, 6.07) is 3.62. The molecule has 0 radical (unpaired) electrons. The zero-order valence-electron chi connectivity index (χ0n) is 9.59. The van der Waals surface area contributed by atoms with Crippen molar-refractivity contribution in [2.24, 2.45) is 0 Å². The van der Waals surface area contributed by atoms with Gasteiger partial charge in [-0.3, -0.25) is 9.78 Å². The Balaban J connectivity index is 2.16. The molecule has 0 unspecified atom stereocenters. The van der Waals surface area contributed by atoms with Crippen molar-refractivity contribution in [3.63, 3.8) is 0 Å². The summed E-state index contributed by atoms with van der Waals surface area (Å²) in [5.74, 6) is 0.486. The lowest BCUT2D eigenvalue weighted by Gasteiger charge is -1.95. The number of Topliss-reactive ketones (excluding diaryl/α,β-unsaturated/α-hetero) is 1. The molecule has 2 aromatic rings. The molecular formula is C11H10BrN3O3. The van der Waals surface area contributed by atoms with E-state index in [2.05, 4.69) is 31.1 Å². The van der Waals surface area contributed by atoms with E-state index in [0.29, 0.717) is 11.5 Å². The minimum Gasteiger partial charge on any atom is -0.377 e. The quantitative estimate of drug-likeness (QED) is 0.835. The van der Waals surface area contributed by atoms with E-state index in [4.69, 9.17) is 9.26 Å². The van der Waals surface area contributed by atoms with Crippen molar-refractivity contribution in [1.29, 1.82) is 0 Å². The summed E-state index contributed by atoms with van der Waals surface area (Å²) in [5, 5.41) is 3.79. The van der Waals surface area contributed by atoms with Gasteiger partial charge in [-0.2, -0.15) is 4.98 Å². The second kappa shape index (κ2) is 5.83. The Morgan fingerprint density at radius 2 is 2.39 bits per heavy atom. The first kappa shape index (κ1) is 12.8. The van der Waals surface area contributed by atoms with Crippen LogP contribution in [0.5, 0.6) is 0 Å².